The smallest absolute Gasteiger partial charge is 0.229 e. The number of morpholine rings is 1. The number of benzene rings is 2. The van der Waals surface area contributed by atoms with Crippen molar-refractivity contribution in [2.45, 2.75) is 38.3 Å². The van der Waals surface area contributed by atoms with Gasteiger partial charge >= 0.3 is 0 Å². The molecule has 37 heavy (non-hydrogen) atoms. The Bertz CT molecular complexity index is 1340. The third-order valence-corrected chi connectivity index (χ3v) is 7.54. The normalized spacial score (nSPS) is 20.2. The topological polar surface area (TPSA) is 80.5 Å². The van der Waals surface area contributed by atoms with Crippen molar-refractivity contribution in [2.24, 2.45) is 10.9 Å². The SMILES string of the molecule is C=NC1CCC(Cn2nc(-c3ccc(N4CCOCC4)cc3)c3cnc(Nc4ccccc4)nc32)CC1. The highest BCUT2D eigenvalue weighted by Crippen LogP contribution is 2.32. The quantitative estimate of drug-likeness (QED) is 0.349. The van der Waals surface area contributed by atoms with Crippen LogP contribution in [0.25, 0.3) is 22.3 Å². The second-order valence-electron chi connectivity index (χ2n) is 9.96. The second kappa shape index (κ2) is 10.7. The number of fused-ring (bicyclic) bond motifs is 1. The van der Waals surface area contributed by atoms with Crippen LogP contribution in [0.2, 0.25) is 0 Å². The highest BCUT2D eigenvalue weighted by Gasteiger charge is 2.23. The molecule has 6 rings (SSSR count). The van der Waals surface area contributed by atoms with E-state index >= 15 is 0 Å². The Kier molecular flexibility index (Phi) is 6.82. The minimum Gasteiger partial charge on any atom is -0.378 e. The maximum atomic E-state index is 5.51. The summed E-state index contributed by atoms with van der Waals surface area (Å²) in [4.78, 5) is 16.2. The average Bonchev–Trinajstić information content (AvgIpc) is 3.32. The van der Waals surface area contributed by atoms with Gasteiger partial charge in [0.1, 0.15) is 5.69 Å². The van der Waals surface area contributed by atoms with Crippen molar-refractivity contribution < 1.29 is 4.74 Å². The van der Waals surface area contributed by atoms with Crippen molar-refractivity contribution in [1.82, 2.24) is 19.7 Å². The first-order chi connectivity index (χ1) is 18.3. The zero-order valence-electron chi connectivity index (χ0n) is 21.1. The molecule has 0 unspecified atom stereocenters. The first kappa shape index (κ1) is 23.6. The molecule has 0 amide bonds. The van der Waals surface area contributed by atoms with Crippen LogP contribution in [0.1, 0.15) is 25.7 Å². The molecule has 0 radical (unpaired) electrons. The minimum absolute atomic E-state index is 0.398. The molecule has 8 heteroatoms. The predicted octanol–water partition coefficient (Wildman–Crippen LogP) is 5.33. The fourth-order valence-electron chi connectivity index (χ4n) is 5.42. The first-order valence-electron chi connectivity index (χ1n) is 13.2. The molecule has 0 bridgehead atoms. The van der Waals surface area contributed by atoms with E-state index in [1.807, 2.05) is 36.5 Å². The zero-order valence-corrected chi connectivity index (χ0v) is 21.1. The van der Waals surface area contributed by atoms with Gasteiger partial charge in [0.05, 0.1) is 18.6 Å². The molecule has 2 aliphatic rings. The molecule has 1 saturated heterocycles. The Morgan fingerprint density at radius 2 is 1.73 bits per heavy atom. The number of ether oxygens (including phenoxy) is 1. The molecule has 0 spiro atoms. The van der Waals surface area contributed by atoms with Crippen molar-refractivity contribution in [3.05, 3.63) is 60.8 Å². The van der Waals surface area contributed by atoms with Crippen LogP contribution in [0.3, 0.4) is 0 Å². The van der Waals surface area contributed by atoms with Gasteiger partial charge in [-0.25, -0.2) is 9.67 Å². The summed E-state index contributed by atoms with van der Waals surface area (Å²) in [6.07, 6.45) is 6.36. The van der Waals surface area contributed by atoms with Crippen LogP contribution in [0.15, 0.2) is 65.8 Å². The van der Waals surface area contributed by atoms with Gasteiger partial charge in [-0.1, -0.05) is 30.3 Å². The minimum atomic E-state index is 0.398. The van der Waals surface area contributed by atoms with E-state index in [0.29, 0.717) is 17.9 Å². The third-order valence-electron chi connectivity index (χ3n) is 7.54. The number of hydrogen-bond donors (Lipinski definition) is 1. The summed E-state index contributed by atoms with van der Waals surface area (Å²) < 4.78 is 7.59. The van der Waals surface area contributed by atoms with E-state index in [1.54, 1.807) is 0 Å². The van der Waals surface area contributed by atoms with E-state index in [9.17, 15) is 0 Å². The van der Waals surface area contributed by atoms with Gasteiger partial charge in [0.15, 0.2) is 5.65 Å². The maximum absolute atomic E-state index is 5.51. The van der Waals surface area contributed by atoms with E-state index < -0.39 is 0 Å². The average molecular weight is 496 g/mol. The van der Waals surface area contributed by atoms with Crippen LogP contribution in [0, 0.1) is 5.92 Å². The molecule has 190 valence electrons. The Hall–Kier alpha value is -3.78. The van der Waals surface area contributed by atoms with Gasteiger partial charge in [-0.3, -0.25) is 4.99 Å². The van der Waals surface area contributed by atoms with E-state index in [4.69, 9.17) is 14.8 Å². The van der Waals surface area contributed by atoms with E-state index in [0.717, 1.165) is 86.5 Å². The van der Waals surface area contributed by atoms with Gasteiger partial charge in [0, 0.05) is 48.8 Å². The molecule has 8 nitrogen and oxygen atoms in total. The summed E-state index contributed by atoms with van der Waals surface area (Å²) in [6.45, 7) is 7.99. The fourth-order valence-corrected chi connectivity index (χ4v) is 5.42. The van der Waals surface area contributed by atoms with Gasteiger partial charge in [0.25, 0.3) is 0 Å². The molecule has 3 heterocycles. The maximum Gasteiger partial charge on any atom is 0.229 e. The van der Waals surface area contributed by atoms with Gasteiger partial charge < -0.3 is 15.0 Å². The largest absolute Gasteiger partial charge is 0.378 e. The monoisotopic (exact) mass is 495 g/mol. The lowest BCUT2D eigenvalue weighted by atomic mass is 9.86. The Morgan fingerprint density at radius 3 is 2.46 bits per heavy atom. The molecule has 1 saturated carbocycles. The van der Waals surface area contributed by atoms with Crippen LogP contribution in [0.4, 0.5) is 17.3 Å². The van der Waals surface area contributed by atoms with Crippen LogP contribution in [0.5, 0.6) is 0 Å². The van der Waals surface area contributed by atoms with Crippen LogP contribution in [-0.4, -0.2) is 58.8 Å². The van der Waals surface area contributed by atoms with Gasteiger partial charge in [-0.15, -0.1) is 0 Å². The number of aliphatic imine (C=N–C) groups is 1. The Morgan fingerprint density at radius 1 is 0.973 bits per heavy atom. The molecule has 2 aromatic heterocycles. The summed E-state index contributed by atoms with van der Waals surface area (Å²) in [5, 5.41) is 9.41. The van der Waals surface area contributed by atoms with E-state index in [2.05, 4.69) is 55.9 Å². The number of nitrogens with one attached hydrogen (secondary N) is 1. The Labute approximate surface area is 217 Å². The zero-order chi connectivity index (χ0) is 25.0. The summed E-state index contributed by atoms with van der Waals surface area (Å²) in [7, 11) is 0. The summed E-state index contributed by atoms with van der Waals surface area (Å²) >= 11 is 0. The standard InChI is InChI=1S/C29H33N7O/c1-30-23-11-7-21(8-12-23)20-36-28-26(19-31-29(33-28)32-24-5-3-2-4-6-24)27(34-36)22-9-13-25(14-10-22)35-15-17-37-18-16-35/h2-6,9-10,13-14,19,21,23H,1,7-8,11-12,15-18,20H2,(H,31,32,33). The number of hydrogen-bond acceptors (Lipinski definition) is 7. The van der Waals surface area contributed by atoms with Crippen LogP contribution >= 0.6 is 0 Å². The highest BCUT2D eigenvalue weighted by atomic mass is 16.5. The molecule has 4 aromatic rings. The number of anilines is 3. The van der Waals surface area contributed by atoms with Crippen molar-refractivity contribution in [3.8, 4) is 11.3 Å². The number of aromatic nitrogens is 4. The number of rotatable bonds is 7. The Balaban J connectivity index is 1.32. The van der Waals surface area contributed by atoms with Crippen molar-refractivity contribution in [1.29, 1.82) is 0 Å². The molecular weight excluding hydrogens is 462 g/mol. The summed E-state index contributed by atoms with van der Waals surface area (Å²) in [5.41, 5.74) is 5.05. The second-order valence-corrected chi connectivity index (χ2v) is 9.96. The number of nitrogens with zero attached hydrogens (tertiary/aromatic N) is 6. The summed E-state index contributed by atoms with van der Waals surface area (Å²) in [6, 6.07) is 19.1. The van der Waals surface area contributed by atoms with E-state index in [-0.39, 0.29) is 0 Å². The third kappa shape index (κ3) is 5.20. The molecule has 2 fully saturated rings. The van der Waals surface area contributed by atoms with Gasteiger partial charge in [0.2, 0.25) is 5.95 Å². The van der Waals surface area contributed by atoms with Gasteiger partial charge in [-0.05, 0) is 62.6 Å². The molecule has 1 aliphatic heterocycles. The molecule has 2 aromatic carbocycles. The van der Waals surface area contributed by atoms with Crippen LogP contribution in [-0.2, 0) is 11.3 Å². The molecular formula is C29H33N7O. The molecule has 1 aliphatic carbocycles. The van der Waals surface area contributed by atoms with E-state index in [1.165, 1.54) is 5.69 Å². The molecule has 1 N–H and O–H groups in total. The first-order valence-corrected chi connectivity index (χ1v) is 13.2. The highest BCUT2D eigenvalue weighted by molar-refractivity contribution is 5.91. The lowest BCUT2D eigenvalue weighted by Gasteiger charge is -2.28. The predicted molar refractivity (Wildman–Crippen MR) is 149 cm³/mol. The number of para-hydroxylation sites is 1. The lowest BCUT2D eigenvalue weighted by Crippen LogP contribution is -2.36. The lowest BCUT2D eigenvalue weighted by molar-refractivity contribution is 0.122. The van der Waals surface area contributed by atoms with Crippen molar-refractivity contribution in [3.63, 3.8) is 0 Å². The van der Waals surface area contributed by atoms with Crippen LogP contribution < -0.4 is 10.2 Å². The van der Waals surface area contributed by atoms with Crippen molar-refractivity contribution in [2.75, 3.05) is 36.5 Å². The van der Waals surface area contributed by atoms with Crippen molar-refractivity contribution >= 4 is 35.1 Å². The van der Waals surface area contributed by atoms with Gasteiger partial charge in [-0.2, -0.15) is 10.1 Å². The fraction of sp³-hybridized carbons (Fsp3) is 0.379. The molecule has 0 atom stereocenters. The summed E-state index contributed by atoms with van der Waals surface area (Å²) in [5.74, 6) is 1.13.